The summed E-state index contributed by atoms with van der Waals surface area (Å²) in [7, 11) is -3.63. The number of nitrogens with zero attached hydrogens (tertiary/aromatic N) is 3. The summed E-state index contributed by atoms with van der Waals surface area (Å²) in [5, 5.41) is 4.10. The van der Waals surface area contributed by atoms with Crippen LogP contribution in [0.5, 0.6) is 0 Å². The number of nitrogens with one attached hydrogen (secondary N) is 2. The minimum atomic E-state index is -3.63. The van der Waals surface area contributed by atoms with Gasteiger partial charge in [-0.2, -0.15) is 13.5 Å². The van der Waals surface area contributed by atoms with E-state index in [-0.39, 0.29) is 11.1 Å². The van der Waals surface area contributed by atoms with E-state index in [1.54, 1.807) is 17.8 Å². The van der Waals surface area contributed by atoms with Crippen molar-refractivity contribution in [2.45, 2.75) is 31.8 Å². The Morgan fingerprint density at radius 3 is 2.61 bits per heavy atom. The number of hydrogen-bond acceptors (Lipinski definition) is 4. The lowest BCUT2D eigenvalue weighted by Crippen LogP contribution is -2.13. The van der Waals surface area contributed by atoms with E-state index in [0.717, 1.165) is 0 Å². The molecule has 98 valence electrons. The molecule has 0 unspecified atom stereocenters. The molecule has 0 atom stereocenters. The molecule has 18 heavy (non-hydrogen) atoms. The molecule has 0 aliphatic rings. The molecule has 7 nitrogen and oxygen atoms in total. The Morgan fingerprint density at radius 2 is 2.11 bits per heavy atom. The zero-order valence-corrected chi connectivity index (χ0v) is 11.2. The molecule has 2 rings (SSSR count). The van der Waals surface area contributed by atoms with Crippen LogP contribution in [0.3, 0.4) is 0 Å². The van der Waals surface area contributed by atoms with Crippen LogP contribution in [0.25, 0.3) is 0 Å². The number of imidazole rings is 1. The zero-order valence-electron chi connectivity index (χ0n) is 10.4. The van der Waals surface area contributed by atoms with Crippen molar-refractivity contribution in [2.75, 3.05) is 4.72 Å². The molecule has 0 radical (unpaired) electrons. The summed E-state index contributed by atoms with van der Waals surface area (Å²) in [6.07, 6.45) is 4.40. The Kier molecular flexibility index (Phi) is 3.12. The predicted molar refractivity (Wildman–Crippen MR) is 66.7 cm³/mol. The van der Waals surface area contributed by atoms with Crippen LogP contribution >= 0.6 is 0 Å². The highest BCUT2D eigenvalue weighted by atomic mass is 32.2. The zero-order chi connectivity index (χ0) is 13.3. The van der Waals surface area contributed by atoms with E-state index in [2.05, 4.69) is 19.8 Å². The van der Waals surface area contributed by atoms with Crippen LogP contribution in [-0.4, -0.2) is 28.2 Å². The topological polar surface area (TPSA) is 92.7 Å². The molecule has 2 aromatic heterocycles. The average Bonchev–Trinajstić information content (AvgIpc) is 2.86. The molecule has 0 saturated carbocycles. The molecule has 8 heteroatoms. The van der Waals surface area contributed by atoms with Gasteiger partial charge in [0.15, 0.2) is 5.03 Å². The molecule has 2 N–H and O–H groups in total. The number of aromatic amines is 1. The summed E-state index contributed by atoms with van der Waals surface area (Å²) in [5.41, 5.74) is 0.427. The van der Waals surface area contributed by atoms with Gasteiger partial charge in [0.1, 0.15) is 5.82 Å². The predicted octanol–water partition coefficient (Wildman–Crippen LogP) is 1.30. The minimum absolute atomic E-state index is 0.0392. The van der Waals surface area contributed by atoms with Crippen LogP contribution in [0, 0.1) is 6.92 Å². The van der Waals surface area contributed by atoms with E-state index in [0.29, 0.717) is 11.5 Å². The summed E-state index contributed by atoms with van der Waals surface area (Å²) in [4.78, 5) is 6.54. The summed E-state index contributed by atoms with van der Waals surface area (Å²) < 4.78 is 28.1. The molecule has 0 aliphatic carbocycles. The van der Waals surface area contributed by atoms with Gasteiger partial charge in [-0.05, 0) is 20.8 Å². The molecule has 2 heterocycles. The van der Waals surface area contributed by atoms with Gasteiger partial charge in [-0.25, -0.2) is 4.98 Å². The van der Waals surface area contributed by atoms with Crippen LogP contribution < -0.4 is 4.72 Å². The van der Waals surface area contributed by atoms with Gasteiger partial charge < -0.3 is 4.98 Å². The molecular formula is C10H15N5O2S. The van der Waals surface area contributed by atoms with Crippen LogP contribution in [0.15, 0.2) is 23.6 Å². The van der Waals surface area contributed by atoms with Gasteiger partial charge in [0.2, 0.25) is 0 Å². The number of H-pyrrole nitrogens is 1. The van der Waals surface area contributed by atoms with Crippen LogP contribution in [0.4, 0.5) is 5.69 Å². The largest absolute Gasteiger partial charge is 0.332 e. The van der Waals surface area contributed by atoms with Crippen LogP contribution in [0.1, 0.15) is 25.7 Å². The molecule has 0 aliphatic heterocycles. The summed E-state index contributed by atoms with van der Waals surface area (Å²) >= 11 is 0. The molecule has 0 saturated heterocycles. The second-order valence-electron chi connectivity index (χ2n) is 4.24. The first-order chi connectivity index (χ1) is 8.38. The third-order valence-corrected chi connectivity index (χ3v) is 3.64. The van der Waals surface area contributed by atoms with E-state index in [1.165, 1.54) is 12.4 Å². The van der Waals surface area contributed by atoms with Crippen molar-refractivity contribution in [3.63, 3.8) is 0 Å². The summed E-state index contributed by atoms with van der Waals surface area (Å²) in [6.45, 7) is 5.61. The maximum atomic E-state index is 12.0. The average molecular weight is 269 g/mol. The van der Waals surface area contributed by atoms with Crippen molar-refractivity contribution in [3.05, 3.63) is 24.4 Å². The highest BCUT2D eigenvalue weighted by Gasteiger charge is 2.17. The molecule has 0 amide bonds. The van der Waals surface area contributed by atoms with E-state index in [9.17, 15) is 8.42 Å². The van der Waals surface area contributed by atoms with E-state index < -0.39 is 10.0 Å². The van der Waals surface area contributed by atoms with E-state index in [4.69, 9.17) is 0 Å². The third-order valence-electron chi connectivity index (χ3n) is 2.35. The van der Waals surface area contributed by atoms with E-state index in [1.807, 2.05) is 13.8 Å². The Hall–Kier alpha value is -1.83. The number of hydrogen-bond donors (Lipinski definition) is 2. The molecule has 0 aromatic carbocycles. The third kappa shape index (κ3) is 2.53. The number of aryl methyl sites for hydroxylation is 1. The van der Waals surface area contributed by atoms with Crippen LogP contribution in [0.2, 0.25) is 0 Å². The first-order valence-electron chi connectivity index (χ1n) is 5.47. The normalized spacial score (nSPS) is 12.0. The van der Waals surface area contributed by atoms with Crippen molar-refractivity contribution < 1.29 is 8.42 Å². The second-order valence-corrected chi connectivity index (χ2v) is 5.89. The lowest BCUT2D eigenvalue weighted by Gasteiger charge is -2.04. The van der Waals surface area contributed by atoms with Crippen molar-refractivity contribution in [1.82, 2.24) is 19.7 Å². The number of rotatable bonds is 4. The fourth-order valence-electron chi connectivity index (χ4n) is 1.42. The van der Waals surface area contributed by atoms with Crippen LogP contribution in [-0.2, 0) is 10.0 Å². The standard InChI is InChI=1S/C10H15N5O2S/c1-7(2)15-6-9(4-12-15)14-18(16,17)10-5-11-8(3)13-10/h4-7,14H,1-3H3,(H,11,13). The maximum Gasteiger partial charge on any atom is 0.279 e. The van der Waals surface area contributed by atoms with Gasteiger partial charge in [0.05, 0.1) is 18.1 Å². The molecular weight excluding hydrogens is 254 g/mol. The Morgan fingerprint density at radius 1 is 1.39 bits per heavy atom. The number of anilines is 1. The smallest absolute Gasteiger partial charge is 0.279 e. The fourth-order valence-corrected chi connectivity index (χ4v) is 2.42. The monoisotopic (exact) mass is 269 g/mol. The summed E-state index contributed by atoms with van der Waals surface area (Å²) in [5.74, 6) is 0.549. The molecule has 2 aromatic rings. The Bertz CT molecular complexity index is 641. The van der Waals surface area contributed by atoms with Gasteiger partial charge in [-0.15, -0.1) is 0 Å². The second kappa shape index (κ2) is 4.45. The SMILES string of the molecule is Cc1ncc(S(=O)(=O)Nc2cnn(C(C)C)c2)[nH]1. The van der Waals surface area contributed by atoms with Crippen molar-refractivity contribution >= 4 is 15.7 Å². The fraction of sp³-hybridized carbons (Fsp3) is 0.400. The van der Waals surface area contributed by atoms with Gasteiger partial charge >= 0.3 is 0 Å². The Balaban J connectivity index is 2.22. The molecule has 0 fully saturated rings. The quantitative estimate of drug-likeness (QED) is 0.874. The van der Waals surface area contributed by atoms with Gasteiger partial charge in [-0.3, -0.25) is 9.40 Å². The summed E-state index contributed by atoms with van der Waals surface area (Å²) in [6, 6.07) is 0.178. The lowest BCUT2D eigenvalue weighted by molar-refractivity contribution is 0.532. The van der Waals surface area contributed by atoms with E-state index >= 15 is 0 Å². The minimum Gasteiger partial charge on any atom is -0.332 e. The first kappa shape index (κ1) is 12.6. The van der Waals surface area contributed by atoms with Crippen molar-refractivity contribution in [3.8, 4) is 0 Å². The number of aromatic nitrogens is 4. The van der Waals surface area contributed by atoms with Crippen molar-refractivity contribution in [2.24, 2.45) is 0 Å². The van der Waals surface area contributed by atoms with Crippen molar-refractivity contribution in [1.29, 1.82) is 0 Å². The highest BCUT2D eigenvalue weighted by molar-refractivity contribution is 7.92. The van der Waals surface area contributed by atoms with Gasteiger partial charge in [0.25, 0.3) is 10.0 Å². The Labute approximate surface area is 105 Å². The molecule has 0 bridgehead atoms. The highest BCUT2D eigenvalue weighted by Crippen LogP contribution is 2.15. The first-order valence-corrected chi connectivity index (χ1v) is 6.95. The van der Waals surface area contributed by atoms with Gasteiger partial charge in [0, 0.05) is 12.2 Å². The van der Waals surface area contributed by atoms with Gasteiger partial charge in [-0.1, -0.05) is 0 Å². The molecule has 0 spiro atoms. The number of sulfonamides is 1. The lowest BCUT2D eigenvalue weighted by atomic mass is 10.4. The maximum absolute atomic E-state index is 12.0.